The zero-order chi connectivity index (χ0) is 18.6. The first-order chi connectivity index (χ1) is 13.2. The van der Waals surface area contributed by atoms with Crippen molar-refractivity contribution >= 4 is 0 Å². The van der Waals surface area contributed by atoms with Crippen molar-refractivity contribution in [2.24, 2.45) is 0 Å². The smallest absolute Gasteiger partial charge is 0.251 e. The van der Waals surface area contributed by atoms with Crippen molar-refractivity contribution in [1.82, 2.24) is 19.9 Å². The van der Waals surface area contributed by atoms with Gasteiger partial charge < -0.3 is 4.98 Å². The van der Waals surface area contributed by atoms with E-state index in [9.17, 15) is 9.18 Å². The molecule has 1 saturated heterocycles. The largest absolute Gasteiger partial charge is 0.310 e. The van der Waals surface area contributed by atoms with Gasteiger partial charge in [0.05, 0.1) is 11.4 Å². The molecular formula is C21H21FN4O. The minimum Gasteiger partial charge on any atom is -0.310 e. The summed E-state index contributed by atoms with van der Waals surface area (Å²) in [5, 5.41) is 0. The number of pyridine rings is 1. The van der Waals surface area contributed by atoms with E-state index in [1.807, 2.05) is 30.3 Å². The van der Waals surface area contributed by atoms with E-state index in [0.717, 1.165) is 38.0 Å². The first kappa shape index (κ1) is 17.5. The molecule has 27 heavy (non-hydrogen) atoms. The van der Waals surface area contributed by atoms with E-state index in [4.69, 9.17) is 0 Å². The normalized spacial score (nSPS) is 17.7. The van der Waals surface area contributed by atoms with Gasteiger partial charge in [-0.25, -0.2) is 9.37 Å². The molecule has 4 rings (SSSR count). The number of benzene rings is 1. The van der Waals surface area contributed by atoms with Crippen molar-refractivity contribution in [3.8, 4) is 11.4 Å². The Morgan fingerprint density at radius 3 is 2.78 bits per heavy atom. The zero-order valence-electron chi connectivity index (χ0n) is 14.9. The Morgan fingerprint density at radius 1 is 1.15 bits per heavy atom. The predicted molar refractivity (Wildman–Crippen MR) is 102 cm³/mol. The van der Waals surface area contributed by atoms with Gasteiger partial charge in [0, 0.05) is 31.3 Å². The van der Waals surface area contributed by atoms with Crippen LogP contribution in [0.4, 0.5) is 4.39 Å². The molecule has 0 amide bonds. The lowest BCUT2D eigenvalue weighted by atomic mass is 9.96. The van der Waals surface area contributed by atoms with Gasteiger partial charge in [-0.3, -0.25) is 14.7 Å². The summed E-state index contributed by atoms with van der Waals surface area (Å²) in [4.78, 5) is 26.4. The van der Waals surface area contributed by atoms with Crippen molar-refractivity contribution in [2.45, 2.75) is 25.3 Å². The topological polar surface area (TPSA) is 61.9 Å². The fraction of sp³-hybridized carbons (Fsp3) is 0.286. The maximum absolute atomic E-state index is 13.1. The van der Waals surface area contributed by atoms with Crippen molar-refractivity contribution in [1.29, 1.82) is 0 Å². The first-order valence-electron chi connectivity index (χ1n) is 9.17. The second kappa shape index (κ2) is 7.80. The SMILES string of the molecule is O=c1cc(-c2ccccn2)nc([C@@H]2CCCN(Cc3ccc(F)cc3)C2)[nH]1. The summed E-state index contributed by atoms with van der Waals surface area (Å²) >= 11 is 0. The Morgan fingerprint density at radius 2 is 2.00 bits per heavy atom. The molecule has 1 atom stereocenters. The van der Waals surface area contributed by atoms with Crippen LogP contribution in [0, 0.1) is 5.82 Å². The molecule has 0 radical (unpaired) electrons. The number of aromatic amines is 1. The second-order valence-corrected chi connectivity index (χ2v) is 6.93. The number of nitrogens with one attached hydrogen (secondary N) is 1. The van der Waals surface area contributed by atoms with Crippen LogP contribution in [0.3, 0.4) is 0 Å². The lowest BCUT2D eigenvalue weighted by molar-refractivity contribution is 0.196. The molecule has 1 aliphatic heterocycles. The number of H-pyrrole nitrogens is 1. The fourth-order valence-electron chi connectivity index (χ4n) is 3.59. The molecule has 3 aromatic rings. The number of hydrogen-bond acceptors (Lipinski definition) is 4. The fourth-order valence-corrected chi connectivity index (χ4v) is 3.59. The highest BCUT2D eigenvalue weighted by Gasteiger charge is 2.24. The van der Waals surface area contributed by atoms with Crippen LogP contribution in [-0.4, -0.2) is 32.9 Å². The molecular weight excluding hydrogens is 343 g/mol. The highest BCUT2D eigenvalue weighted by Crippen LogP contribution is 2.26. The Kier molecular flexibility index (Phi) is 5.07. The van der Waals surface area contributed by atoms with Gasteiger partial charge in [-0.2, -0.15) is 0 Å². The standard InChI is InChI=1S/C21H21FN4O/c22-17-8-6-15(7-9-17)13-26-11-3-4-16(14-26)21-24-19(12-20(27)25-21)18-5-1-2-10-23-18/h1-2,5-10,12,16H,3-4,11,13-14H2,(H,24,25,27)/t16-/m1/s1. The average Bonchev–Trinajstić information content (AvgIpc) is 2.70. The molecule has 2 aromatic heterocycles. The molecule has 0 spiro atoms. The van der Waals surface area contributed by atoms with Crippen LogP contribution < -0.4 is 5.56 Å². The highest BCUT2D eigenvalue weighted by atomic mass is 19.1. The summed E-state index contributed by atoms with van der Waals surface area (Å²) < 4.78 is 13.1. The Bertz CT molecular complexity index is 956. The highest BCUT2D eigenvalue weighted by molar-refractivity contribution is 5.52. The maximum atomic E-state index is 13.1. The molecule has 0 aliphatic carbocycles. The van der Waals surface area contributed by atoms with Gasteiger partial charge in [0.2, 0.25) is 0 Å². The van der Waals surface area contributed by atoms with Crippen molar-refractivity contribution in [3.63, 3.8) is 0 Å². The van der Waals surface area contributed by atoms with Crippen LogP contribution in [0.25, 0.3) is 11.4 Å². The van der Waals surface area contributed by atoms with Gasteiger partial charge in [0.1, 0.15) is 11.6 Å². The minimum atomic E-state index is -0.219. The molecule has 1 aliphatic rings. The van der Waals surface area contributed by atoms with E-state index >= 15 is 0 Å². The quantitative estimate of drug-likeness (QED) is 0.771. The van der Waals surface area contributed by atoms with Crippen molar-refractivity contribution in [3.05, 3.63) is 82.3 Å². The lowest BCUT2D eigenvalue weighted by Gasteiger charge is -2.32. The van der Waals surface area contributed by atoms with E-state index < -0.39 is 0 Å². The van der Waals surface area contributed by atoms with E-state index in [-0.39, 0.29) is 17.3 Å². The molecule has 1 fully saturated rings. The number of rotatable bonds is 4. The van der Waals surface area contributed by atoms with Gasteiger partial charge in [-0.1, -0.05) is 18.2 Å². The maximum Gasteiger partial charge on any atom is 0.251 e. The van der Waals surface area contributed by atoms with Crippen LogP contribution in [0.15, 0.2) is 59.5 Å². The molecule has 0 unspecified atom stereocenters. The van der Waals surface area contributed by atoms with Gasteiger partial charge in [-0.15, -0.1) is 0 Å². The molecule has 1 aromatic carbocycles. The van der Waals surface area contributed by atoms with Gasteiger partial charge >= 0.3 is 0 Å². The minimum absolute atomic E-state index is 0.156. The zero-order valence-corrected chi connectivity index (χ0v) is 14.9. The number of piperidine rings is 1. The first-order valence-corrected chi connectivity index (χ1v) is 9.17. The average molecular weight is 364 g/mol. The Labute approximate surface area is 156 Å². The summed E-state index contributed by atoms with van der Waals surface area (Å²) in [6.45, 7) is 2.56. The lowest BCUT2D eigenvalue weighted by Crippen LogP contribution is -2.35. The molecule has 0 saturated carbocycles. The Balaban J connectivity index is 1.53. The summed E-state index contributed by atoms with van der Waals surface area (Å²) in [5.74, 6) is 0.658. The molecule has 0 bridgehead atoms. The van der Waals surface area contributed by atoms with Crippen molar-refractivity contribution < 1.29 is 4.39 Å². The van der Waals surface area contributed by atoms with E-state index in [2.05, 4.69) is 19.9 Å². The molecule has 138 valence electrons. The van der Waals surface area contributed by atoms with E-state index in [1.165, 1.54) is 18.2 Å². The van der Waals surface area contributed by atoms with E-state index in [0.29, 0.717) is 17.2 Å². The predicted octanol–water partition coefficient (Wildman–Crippen LogP) is 3.35. The number of likely N-dealkylation sites (tertiary alicyclic amines) is 1. The number of nitrogens with zero attached hydrogens (tertiary/aromatic N) is 3. The molecule has 3 heterocycles. The van der Waals surface area contributed by atoms with E-state index in [1.54, 1.807) is 6.20 Å². The van der Waals surface area contributed by atoms with Gasteiger partial charge in [0.15, 0.2) is 0 Å². The third-order valence-electron chi connectivity index (χ3n) is 4.90. The third kappa shape index (κ3) is 4.28. The summed E-state index contributed by atoms with van der Waals surface area (Å²) in [6, 6.07) is 13.7. The number of hydrogen-bond donors (Lipinski definition) is 1. The summed E-state index contributed by atoms with van der Waals surface area (Å²) in [5.41, 5.74) is 2.23. The number of halogens is 1. The van der Waals surface area contributed by atoms with Crippen LogP contribution in [0.2, 0.25) is 0 Å². The van der Waals surface area contributed by atoms with Crippen LogP contribution in [0.5, 0.6) is 0 Å². The third-order valence-corrected chi connectivity index (χ3v) is 4.90. The Hall–Kier alpha value is -2.86. The molecule has 5 nitrogen and oxygen atoms in total. The van der Waals surface area contributed by atoms with Crippen LogP contribution in [0.1, 0.15) is 30.1 Å². The van der Waals surface area contributed by atoms with Crippen LogP contribution >= 0.6 is 0 Å². The summed E-state index contributed by atoms with van der Waals surface area (Å²) in [7, 11) is 0. The molecule has 1 N–H and O–H groups in total. The molecule has 6 heteroatoms. The monoisotopic (exact) mass is 364 g/mol. The van der Waals surface area contributed by atoms with Crippen LogP contribution in [-0.2, 0) is 6.54 Å². The number of aromatic nitrogens is 3. The summed E-state index contributed by atoms with van der Waals surface area (Å²) in [6.07, 6.45) is 3.71. The van der Waals surface area contributed by atoms with Gasteiger partial charge in [-0.05, 0) is 49.2 Å². The van der Waals surface area contributed by atoms with Crippen molar-refractivity contribution in [2.75, 3.05) is 13.1 Å². The second-order valence-electron chi connectivity index (χ2n) is 6.93. The van der Waals surface area contributed by atoms with Gasteiger partial charge in [0.25, 0.3) is 5.56 Å².